The van der Waals surface area contributed by atoms with E-state index in [0.717, 1.165) is 0 Å². The van der Waals surface area contributed by atoms with Crippen molar-refractivity contribution >= 4 is 17.3 Å². The van der Waals surface area contributed by atoms with Crippen molar-refractivity contribution in [1.29, 1.82) is 0 Å². The molecule has 1 aromatic heterocycles. The van der Waals surface area contributed by atoms with Crippen LogP contribution in [-0.2, 0) is 6.18 Å². The van der Waals surface area contributed by atoms with Crippen LogP contribution < -0.4 is 5.56 Å². The van der Waals surface area contributed by atoms with E-state index in [9.17, 15) is 28.1 Å². The maximum Gasteiger partial charge on any atom is 0.419 e. The van der Waals surface area contributed by atoms with Gasteiger partial charge in [0.2, 0.25) is 0 Å². The summed E-state index contributed by atoms with van der Waals surface area (Å²) in [6.45, 7) is 0. The van der Waals surface area contributed by atoms with Crippen LogP contribution in [0.15, 0.2) is 11.0 Å². The molecule has 0 saturated carbocycles. The number of hydrogen-bond acceptors (Lipinski definition) is 3. The maximum absolute atomic E-state index is 12.2. The summed E-state index contributed by atoms with van der Waals surface area (Å²) >= 11 is 5.11. The van der Waals surface area contributed by atoms with E-state index in [-0.39, 0.29) is 6.20 Å². The number of nitrogens with zero attached hydrogens (tertiary/aromatic N) is 1. The molecule has 0 bridgehead atoms. The predicted octanol–water partition coefficient (Wildman–Crippen LogP) is 1.96. The van der Waals surface area contributed by atoms with Gasteiger partial charge in [-0.3, -0.25) is 14.9 Å². The highest BCUT2D eigenvalue weighted by Crippen LogP contribution is 2.36. The Morgan fingerprint density at radius 3 is 2.40 bits per heavy atom. The minimum atomic E-state index is -4.86. The molecule has 1 aromatic rings. The van der Waals surface area contributed by atoms with E-state index in [1.54, 1.807) is 4.98 Å². The first-order chi connectivity index (χ1) is 6.75. The second-order valence-corrected chi connectivity index (χ2v) is 2.83. The number of pyridine rings is 1. The standard InChI is InChI=1S/C6H2ClF3N2O3/c7-3-2(6(8,9)10)1-11-5(13)4(3)12(14)15/h1H,(H,11,13). The van der Waals surface area contributed by atoms with Gasteiger partial charge < -0.3 is 4.98 Å². The molecule has 0 radical (unpaired) electrons. The molecule has 0 fully saturated rings. The van der Waals surface area contributed by atoms with Crippen molar-refractivity contribution in [2.24, 2.45) is 0 Å². The number of alkyl halides is 3. The van der Waals surface area contributed by atoms with E-state index in [2.05, 4.69) is 0 Å². The van der Waals surface area contributed by atoms with Crippen LogP contribution in [0.25, 0.3) is 0 Å². The minimum Gasteiger partial charge on any atom is -0.322 e. The van der Waals surface area contributed by atoms with Crippen LogP contribution in [0.3, 0.4) is 0 Å². The largest absolute Gasteiger partial charge is 0.419 e. The van der Waals surface area contributed by atoms with Gasteiger partial charge in [-0.1, -0.05) is 11.6 Å². The Hall–Kier alpha value is -1.57. The normalized spacial score (nSPS) is 11.5. The summed E-state index contributed by atoms with van der Waals surface area (Å²) in [4.78, 5) is 21.4. The third-order valence-corrected chi connectivity index (χ3v) is 1.88. The van der Waals surface area contributed by atoms with Crippen LogP contribution >= 0.6 is 11.6 Å². The first-order valence-electron chi connectivity index (χ1n) is 3.38. The van der Waals surface area contributed by atoms with E-state index < -0.39 is 32.9 Å². The molecule has 0 aliphatic carbocycles. The first kappa shape index (κ1) is 11.5. The van der Waals surface area contributed by atoms with Crippen molar-refractivity contribution in [3.63, 3.8) is 0 Å². The van der Waals surface area contributed by atoms with Crippen molar-refractivity contribution in [3.05, 3.63) is 37.3 Å². The monoisotopic (exact) mass is 242 g/mol. The molecule has 0 saturated heterocycles. The van der Waals surface area contributed by atoms with Gasteiger partial charge in [0.05, 0.1) is 10.5 Å². The lowest BCUT2D eigenvalue weighted by atomic mass is 10.2. The number of H-pyrrole nitrogens is 1. The van der Waals surface area contributed by atoms with Gasteiger partial charge in [0, 0.05) is 6.20 Å². The first-order valence-corrected chi connectivity index (χ1v) is 3.75. The van der Waals surface area contributed by atoms with E-state index in [1.165, 1.54) is 0 Å². The Labute approximate surface area is 84.6 Å². The molecule has 15 heavy (non-hydrogen) atoms. The summed E-state index contributed by atoms with van der Waals surface area (Å²) < 4.78 is 36.6. The van der Waals surface area contributed by atoms with Gasteiger partial charge in [-0.25, -0.2) is 0 Å². The highest BCUT2D eigenvalue weighted by Gasteiger charge is 2.37. The van der Waals surface area contributed by atoms with Gasteiger partial charge in [-0.15, -0.1) is 0 Å². The molecular weight excluding hydrogens is 241 g/mol. The third kappa shape index (κ3) is 2.09. The smallest absolute Gasteiger partial charge is 0.322 e. The van der Waals surface area contributed by atoms with Crippen LogP contribution in [0.4, 0.5) is 18.9 Å². The summed E-state index contributed by atoms with van der Waals surface area (Å²) in [6, 6.07) is 0. The second-order valence-electron chi connectivity index (χ2n) is 2.45. The van der Waals surface area contributed by atoms with Crippen molar-refractivity contribution in [2.45, 2.75) is 6.18 Å². The summed E-state index contributed by atoms with van der Waals surface area (Å²) in [6.07, 6.45) is -4.57. The maximum atomic E-state index is 12.2. The van der Waals surface area contributed by atoms with Crippen LogP contribution in [0.1, 0.15) is 5.56 Å². The highest BCUT2D eigenvalue weighted by atomic mass is 35.5. The number of nitro groups is 1. The topological polar surface area (TPSA) is 76.0 Å². The average Bonchev–Trinajstić information content (AvgIpc) is 2.00. The molecule has 0 amide bonds. The molecule has 0 atom stereocenters. The van der Waals surface area contributed by atoms with Crippen molar-refractivity contribution in [3.8, 4) is 0 Å². The van der Waals surface area contributed by atoms with Crippen molar-refractivity contribution in [2.75, 3.05) is 0 Å². The second kappa shape index (κ2) is 3.54. The Bertz CT molecular complexity index is 468. The zero-order valence-corrected chi connectivity index (χ0v) is 7.52. The van der Waals surface area contributed by atoms with E-state index in [1.807, 2.05) is 0 Å². The summed E-state index contributed by atoms with van der Waals surface area (Å²) in [7, 11) is 0. The Morgan fingerprint density at radius 2 is 2.00 bits per heavy atom. The van der Waals surface area contributed by atoms with Crippen LogP contribution in [0, 0.1) is 10.1 Å². The van der Waals surface area contributed by atoms with Gasteiger partial charge in [0.25, 0.3) is 0 Å². The molecule has 1 rings (SSSR count). The molecule has 1 N–H and O–H groups in total. The number of aromatic nitrogens is 1. The van der Waals surface area contributed by atoms with E-state index >= 15 is 0 Å². The lowest BCUT2D eigenvalue weighted by Gasteiger charge is -2.07. The molecule has 9 heteroatoms. The van der Waals surface area contributed by atoms with Gasteiger partial charge in [-0.05, 0) is 0 Å². The zero-order valence-electron chi connectivity index (χ0n) is 6.76. The highest BCUT2D eigenvalue weighted by molar-refractivity contribution is 6.33. The molecule has 0 spiro atoms. The molecule has 5 nitrogen and oxygen atoms in total. The fraction of sp³-hybridized carbons (Fsp3) is 0.167. The fourth-order valence-corrected chi connectivity index (χ4v) is 1.18. The lowest BCUT2D eigenvalue weighted by Crippen LogP contribution is -2.16. The van der Waals surface area contributed by atoms with Crippen LogP contribution in [0.5, 0.6) is 0 Å². The Balaban J connectivity index is 3.56. The molecular formula is C6H2ClF3N2O3. The molecule has 0 aromatic carbocycles. The lowest BCUT2D eigenvalue weighted by molar-refractivity contribution is -0.386. The van der Waals surface area contributed by atoms with Crippen LogP contribution in [-0.4, -0.2) is 9.91 Å². The quantitative estimate of drug-likeness (QED) is 0.604. The summed E-state index contributed by atoms with van der Waals surface area (Å²) in [5, 5.41) is 9.04. The summed E-state index contributed by atoms with van der Waals surface area (Å²) in [5.41, 5.74) is -4.04. The SMILES string of the molecule is O=c1[nH]cc(C(F)(F)F)c(Cl)c1[N+](=O)[O-]. The van der Waals surface area contributed by atoms with Crippen LogP contribution in [0.2, 0.25) is 5.02 Å². The third-order valence-electron chi connectivity index (χ3n) is 1.50. The molecule has 0 aliphatic heterocycles. The van der Waals surface area contributed by atoms with Gasteiger partial charge in [0.1, 0.15) is 5.02 Å². The number of aromatic amines is 1. The van der Waals surface area contributed by atoms with Crippen molar-refractivity contribution < 1.29 is 18.1 Å². The minimum absolute atomic E-state index is 0.289. The number of halogens is 4. The van der Waals surface area contributed by atoms with Gasteiger partial charge >= 0.3 is 17.4 Å². The molecule has 1 heterocycles. The zero-order chi connectivity index (χ0) is 11.8. The van der Waals surface area contributed by atoms with E-state index in [0.29, 0.717) is 0 Å². The Morgan fingerprint density at radius 1 is 1.47 bits per heavy atom. The predicted molar refractivity (Wildman–Crippen MR) is 43.7 cm³/mol. The number of nitrogens with one attached hydrogen (secondary N) is 1. The van der Waals surface area contributed by atoms with E-state index in [4.69, 9.17) is 11.6 Å². The van der Waals surface area contributed by atoms with Crippen molar-refractivity contribution in [1.82, 2.24) is 4.98 Å². The molecule has 82 valence electrons. The summed E-state index contributed by atoms with van der Waals surface area (Å²) in [5.74, 6) is 0. The number of rotatable bonds is 1. The number of hydrogen-bond donors (Lipinski definition) is 1. The fourth-order valence-electron chi connectivity index (χ4n) is 0.866. The van der Waals surface area contributed by atoms with Gasteiger partial charge in [-0.2, -0.15) is 13.2 Å². The Kier molecular flexibility index (Phi) is 2.71. The molecule has 0 unspecified atom stereocenters. The van der Waals surface area contributed by atoms with Gasteiger partial charge in [0.15, 0.2) is 0 Å². The molecule has 0 aliphatic rings. The average molecular weight is 243 g/mol.